The van der Waals surface area contributed by atoms with Gasteiger partial charge >= 0.3 is 29.6 Å². The summed E-state index contributed by atoms with van der Waals surface area (Å²) in [6.07, 6.45) is 3.00. The van der Waals surface area contributed by atoms with E-state index in [9.17, 15) is 0 Å². The van der Waals surface area contributed by atoms with Crippen LogP contribution in [0, 0.1) is 11.3 Å². The van der Waals surface area contributed by atoms with E-state index in [0.29, 0.717) is 0 Å². The topological polar surface area (TPSA) is 23.8 Å². The van der Waals surface area contributed by atoms with E-state index < -0.39 is 0 Å². The van der Waals surface area contributed by atoms with Crippen LogP contribution in [0.2, 0.25) is 0 Å². The van der Waals surface area contributed by atoms with Crippen molar-refractivity contribution in [3.8, 4) is 6.07 Å². The zero-order valence-corrected chi connectivity index (χ0v) is 8.78. The molecule has 0 saturated carbocycles. The Labute approximate surface area is 85.2 Å². The molecule has 0 bridgehead atoms. The predicted octanol–water partition coefficient (Wildman–Crippen LogP) is -0.576. The van der Waals surface area contributed by atoms with E-state index in [-0.39, 0.29) is 36.4 Å². The maximum Gasteiger partial charge on any atom is 1.00 e. The molecule has 9 heavy (non-hydrogen) atoms. The van der Waals surface area contributed by atoms with Crippen LogP contribution in [0.4, 0.5) is 0 Å². The molecule has 0 aromatic carbocycles. The van der Waals surface area contributed by atoms with Crippen LogP contribution in [-0.2, 0) is 0 Å². The van der Waals surface area contributed by atoms with Crippen molar-refractivity contribution in [2.24, 2.45) is 0 Å². The van der Waals surface area contributed by atoms with Crippen LogP contribution in [0.15, 0.2) is 0 Å². The minimum absolute atomic E-state index is 0. The Balaban J connectivity index is -0.000000245. The third kappa shape index (κ3) is 8.78. The Kier molecular flexibility index (Phi) is 12.2. The fourth-order valence-corrected chi connectivity index (χ4v) is 0.602. The van der Waals surface area contributed by atoms with E-state index in [1.807, 2.05) is 6.07 Å². The summed E-state index contributed by atoms with van der Waals surface area (Å²) in [5.41, 5.74) is 0. The van der Waals surface area contributed by atoms with Gasteiger partial charge in [0.1, 0.15) is 5.38 Å². The Morgan fingerprint density at radius 3 is 2.67 bits per heavy atom. The minimum atomic E-state index is -0.269. The summed E-state index contributed by atoms with van der Waals surface area (Å²) in [6.45, 7) is 2.08. The van der Waals surface area contributed by atoms with Gasteiger partial charge in [-0.2, -0.15) is 5.26 Å². The molecule has 0 heterocycles. The molecular formula is C6H11ClNNa. The Bertz CT molecular complexity index is 94.2. The molecule has 0 fully saturated rings. The van der Waals surface area contributed by atoms with Crippen LogP contribution < -0.4 is 29.6 Å². The van der Waals surface area contributed by atoms with E-state index in [1.165, 1.54) is 0 Å². The second-order valence-electron chi connectivity index (χ2n) is 1.74. The van der Waals surface area contributed by atoms with Gasteiger partial charge in [-0.05, 0) is 6.42 Å². The van der Waals surface area contributed by atoms with Crippen LogP contribution >= 0.6 is 11.6 Å². The number of unbranched alkanes of at least 4 members (excludes halogenated alkanes) is 1. The molecule has 0 aliphatic heterocycles. The fraction of sp³-hybridized carbons (Fsp3) is 0.833. The molecule has 0 spiro atoms. The summed E-state index contributed by atoms with van der Waals surface area (Å²) in [5, 5.41) is 7.91. The van der Waals surface area contributed by atoms with Gasteiger partial charge < -0.3 is 1.43 Å². The molecule has 3 heteroatoms. The molecule has 0 rings (SSSR count). The van der Waals surface area contributed by atoms with Gasteiger partial charge in [0, 0.05) is 0 Å². The Morgan fingerprint density at radius 2 is 2.33 bits per heavy atom. The van der Waals surface area contributed by atoms with Crippen molar-refractivity contribution in [1.82, 2.24) is 0 Å². The summed E-state index contributed by atoms with van der Waals surface area (Å²) in [5.74, 6) is 0. The average molecular weight is 156 g/mol. The largest absolute Gasteiger partial charge is 1.00 e. The van der Waals surface area contributed by atoms with Crippen molar-refractivity contribution >= 4 is 11.6 Å². The van der Waals surface area contributed by atoms with Crippen molar-refractivity contribution < 1.29 is 31.0 Å². The summed E-state index contributed by atoms with van der Waals surface area (Å²) in [6, 6.07) is 1.97. The van der Waals surface area contributed by atoms with Crippen molar-refractivity contribution in [2.75, 3.05) is 0 Å². The van der Waals surface area contributed by atoms with E-state index in [0.717, 1.165) is 19.3 Å². The Morgan fingerprint density at radius 1 is 1.78 bits per heavy atom. The zero-order valence-electron chi connectivity index (χ0n) is 7.02. The molecule has 0 saturated heterocycles. The summed E-state index contributed by atoms with van der Waals surface area (Å²) in [4.78, 5) is 0. The summed E-state index contributed by atoms with van der Waals surface area (Å²) < 4.78 is 0. The first-order valence-electron chi connectivity index (χ1n) is 2.85. The molecule has 1 atom stereocenters. The smallest absolute Gasteiger partial charge is 1.00 e. The van der Waals surface area contributed by atoms with Crippen LogP contribution in [0.25, 0.3) is 0 Å². The first-order chi connectivity index (χ1) is 3.81. The SMILES string of the molecule is CCCCC(Cl)C#N.[H-].[Na+]. The zero-order chi connectivity index (χ0) is 6.41. The quantitative estimate of drug-likeness (QED) is 0.396. The van der Waals surface area contributed by atoms with Gasteiger partial charge in [-0.25, -0.2) is 0 Å². The van der Waals surface area contributed by atoms with E-state index in [1.54, 1.807) is 0 Å². The Hall–Kier alpha value is 0.780. The van der Waals surface area contributed by atoms with Crippen LogP contribution in [0.5, 0.6) is 0 Å². The van der Waals surface area contributed by atoms with Gasteiger partial charge in [0.2, 0.25) is 0 Å². The maximum atomic E-state index is 8.18. The van der Waals surface area contributed by atoms with Gasteiger partial charge in [0.15, 0.2) is 0 Å². The van der Waals surface area contributed by atoms with Gasteiger partial charge in [0.25, 0.3) is 0 Å². The standard InChI is InChI=1S/C6H10ClN.Na.H/c1-2-3-4-6(7)5-8;;/h6H,2-4H2,1H3;;/q;+1;-1. The molecule has 0 aromatic heterocycles. The van der Waals surface area contributed by atoms with Crippen molar-refractivity contribution in [1.29, 1.82) is 5.26 Å². The van der Waals surface area contributed by atoms with E-state index in [2.05, 4.69) is 6.92 Å². The van der Waals surface area contributed by atoms with Crippen LogP contribution in [-0.4, -0.2) is 5.38 Å². The molecular weight excluding hydrogens is 145 g/mol. The van der Waals surface area contributed by atoms with Crippen LogP contribution in [0.1, 0.15) is 27.6 Å². The first kappa shape index (κ1) is 12.5. The average Bonchev–Trinajstić information content (AvgIpc) is 1.83. The molecule has 0 aromatic rings. The van der Waals surface area contributed by atoms with Crippen LogP contribution in [0.3, 0.4) is 0 Å². The molecule has 0 radical (unpaired) electrons. The molecule has 0 N–H and O–H groups in total. The fourth-order valence-electron chi connectivity index (χ4n) is 0.448. The number of rotatable bonds is 3. The predicted molar refractivity (Wildman–Crippen MR) is 35.9 cm³/mol. The third-order valence-electron chi connectivity index (χ3n) is 0.951. The minimum Gasteiger partial charge on any atom is -1.00 e. The van der Waals surface area contributed by atoms with Crippen molar-refractivity contribution in [3.63, 3.8) is 0 Å². The number of alkyl halides is 1. The van der Waals surface area contributed by atoms with E-state index in [4.69, 9.17) is 16.9 Å². The van der Waals surface area contributed by atoms with Gasteiger partial charge in [0.05, 0.1) is 6.07 Å². The van der Waals surface area contributed by atoms with Crippen molar-refractivity contribution in [2.45, 2.75) is 31.6 Å². The van der Waals surface area contributed by atoms with Gasteiger partial charge in [-0.15, -0.1) is 11.6 Å². The monoisotopic (exact) mass is 155 g/mol. The molecule has 1 nitrogen and oxygen atoms in total. The second kappa shape index (κ2) is 8.78. The number of halogens is 1. The number of nitrogens with zero attached hydrogens (tertiary/aromatic N) is 1. The molecule has 1 unspecified atom stereocenters. The number of nitriles is 1. The van der Waals surface area contributed by atoms with Gasteiger partial charge in [-0.3, -0.25) is 0 Å². The van der Waals surface area contributed by atoms with E-state index >= 15 is 0 Å². The molecule has 0 amide bonds. The molecule has 48 valence electrons. The third-order valence-corrected chi connectivity index (χ3v) is 1.27. The number of hydrogen-bond acceptors (Lipinski definition) is 1. The molecule has 0 aliphatic rings. The maximum absolute atomic E-state index is 8.18. The van der Waals surface area contributed by atoms with Gasteiger partial charge in [-0.1, -0.05) is 19.8 Å². The second-order valence-corrected chi connectivity index (χ2v) is 2.27. The number of hydrogen-bond donors (Lipinski definition) is 0. The molecule has 0 aliphatic carbocycles. The van der Waals surface area contributed by atoms with Crippen molar-refractivity contribution in [3.05, 3.63) is 0 Å². The summed E-state index contributed by atoms with van der Waals surface area (Å²) >= 11 is 5.48. The first-order valence-corrected chi connectivity index (χ1v) is 3.28. The summed E-state index contributed by atoms with van der Waals surface area (Å²) in [7, 11) is 0. The normalized spacial score (nSPS) is 11.2.